The van der Waals surface area contributed by atoms with Crippen LogP contribution >= 0.6 is 0 Å². The monoisotopic (exact) mass is 240 g/mol. The first-order chi connectivity index (χ1) is 8.09. The van der Waals surface area contributed by atoms with E-state index in [1.165, 1.54) is 6.92 Å². The number of halogens is 1. The van der Waals surface area contributed by atoms with Crippen LogP contribution in [-0.4, -0.2) is 23.4 Å². The van der Waals surface area contributed by atoms with E-state index in [-0.39, 0.29) is 19.4 Å². The van der Waals surface area contributed by atoms with E-state index < -0.39 is 18.2 Å². The fraction of sp³-hybridized carbons (Fsp3) is 0.462. The molecule has 0 radical (unpaired) electrons. The van der Waals surface area contributed by atoms with Crippen LogP contribution in [0.5, 0.6) is 0 Å². The molecule has 0 aliphatic carbocycles. The van der Waals surface area contributed by atoms with Crippen LogP contribution in [0, 0.1) is 0 Å². The zero-order valence-electron chi connectivity index (χ0n) is 9.80. The highest BCUT2D eigenvalue weighted by Gasteiger charge is 2.15. The van der Waals surface area contributed by atoms with Crippen molar-refractivity contribution in [1.29, 1.82) is 0 Å². The molecule has 0 aliphatic heterocycles. The molecular weight excluding hydrogens is 223 g/mol. The maximum atomic E-state index is 12.6. The van der Waals surface area contributed by atoms with E-state index in [2.05, 4.69) is 0 Å². The molecule has 1 aromatic rings. The van der Waals surface area contributed by atoms with Gasteiger partial charge in [0.05, 0.1) is 6.10 Å². The van der Waals surface area contributed by atoms with E-state index in [1.54, 1.807) is 0 Å². The number of alkyl halides is 1. The topological polar surface area (TPSA) is 46.5 Å². The number of aliphatic hydroxyl groups is 1. The van der Waals surface area contributed by atoms with Crippen LogP contribution < -0.4 is 0 Å². The average Bonchev–Trinajstić information content (AvgIpc) is 2.34. The first-order valence-electron chi connectivity index (χ1n) is 5.61. The molecule has 94 valence electrons. The van der Waals surface area contributed by atoms with Crippen LogP contribution in [0.15, 0.2) is 30.3 Å². The number of aliphatic hydroxyl groups excluding tert-OH is 1. The summed E-state index contributed by atoms with van der Waals surface area (Å²) in [4.78, 5) is 11.3. The summed E-state index contributed by atoms with van der Waals surface area (Å²) in [6.45, 7) is 1.47. The van der Waals surface area contributed by atoms with Gasteiger partial charge in [-0.1, -0.05) is 30.3 Å². The van der Waals surface area contributed by atoms with Crippen LogP contribution in [-0.2, 0) is 16.1 Å². The van der Waals surface area contributed by atoms with E-state index in [0.29, 0.717) is 0 Å². The van der Waals surface area contributed by atoms with Crippen LogP contribution in [0.4, 0.5) is 4.39 Å². The molecule has 4 heteroatoms. The van der Waals surface area contributed by atoms with E-state index in [4.69, 9.17) is 4.74 Å². The first kappa shape index (κ1) is 13.6. The van der Waals surface area contributed by atoms with Gasteiger partial charge in [-0.05, 0) is 18.9 Å². The highest BCUT2D eigenvalue weighted by atomic mass is 19.1. The summed E-state index contributed by atoms with van der Waals surface area (Å²) in [7, 11) is 0. The van der Waals surface area contributed by atoms with Gasteiger partial charge in [0, 0.05) is 6.42 Å². The number of hydrogen-bond donors (Lipinski definition) is 1. The highest BCUT2D eigenvalue weighted by Crippen LogP contribution is 2.07. The Balaban J connectivity index is 2.22. The van der Waals surface area contributed by atoms with Crippen LogP contribution in [0.25, 0.3) is 0 Å². The Labute approximate surface area is 100 Å². The Morgan fingerprint density at radius 3 is 2.65 bits per heavy atom. The number of benzene rings is 1. The lowest BCUT2D eigenvalue weighted by Gasteiger charge is -2.10. The summed E-state index contributed by atoms with van der Waals surface area (Å²) in [5, 5.41) is 9.18. The lowest BCUT2D eigenvalue weighted by molar-refractivity contribution is -0.145. The van der Waals surface area contributed by atoms with Crippen molar-refractivity contribution in [3.8, 4) is 0 Å². The second-order valence-electron chi connectivity index (χ2n) is 3.93. The summed E-state index contributed by atoms with van der Waals surface area (Å²) in [6, 6.07) is 9.30. The van der Waals surface area contributed by atoms with Crippen molar-refractivity contribution in [3.63, 3.8) is 0 Å². The molecule has 0 fully saturated rings. The fourth-order valence-corrected chi connectivity index (χ4v) is 1.31. The zero-order valence-corrected chi connectivity index (χ0v) is 9.80. The molecule has 17 heavy (non-hydrogen) atoms. The normalized spacial score (nSPS) is 14.1. The third-order valence-corrected chi connectivity index (χ3v) is 2.42. The molecule has 3 nitrogen and oxygen atoms in total. The van der Waals surface area contributed by atoms with Crippen molar-refractivity contribution in [2.75, 3.05) is 0 Å². The van der Waals surface area contributed by atoms with Gasteiger partial charge in [-0.2, -0.15) is 0 Å². The molecule has 1 rings (SSSR count). The third kappa shape index (κ3) is 5.45. The Hall–Kier alpha value is -1.42. The van der Waals surface area contributed by atoms with Gasteiger partial charge in [0.15, 0.2) is 0 Å². The summed E-state index contributed by atoms with van der Waals surface area (Å²) in [6.07, 6.45) is -2.30. The van der Waals surface area contributed by atoms with Gasteiger partial charge in [0.2, 0.25) is 0 Å². The maximum Gasteiger partial charge on any atom is 0.306 e. The number of rotatable bonds is 6. The largest absolute Gasteiger partial charge is 0.461 e. The number of carbonyl (C=O) groups is 1. The molecule has 1 aromatic carbocycles. The maximum absolute atomic E-state index is 12.6. The Morgan fingerprint density at radius 2 is 2.06 bits per heavy atom. The van der Waals surface area contributed by atoms with Crippen molar-refractivity contribution < 1.29 is 19.0 Å². The van der Waals surface area contributed by atoms with Crippen LogP contribution in [0.2, 0.25) is 0 Å². The molecule has 2 atom stereocenters. The molecule has 0 bridgehead atoms. The van der Waals surface area contributed by atoms with Gasteiger partial charge in [-0.25, -0.2) is 4.39 Å². The highest BCUT2D eigenvalue weighted by molar-refractivity contribution is 5.69. The standard InChI is InChI=1S/C13H17FO3/c1-10(14)12(15)7-8-13(16)17-9-11-5-3-2-4-6-11/h2-6,10,12,15H,7-9H2,1H3/t10-,12-/m1/s1. The fourth-order valence-electron chi connectivity index (χ4n) is 1.31. The third-order valence-electron chi connectivity index (χ3n) is 2.42. The van der Waals surface area contributed by atoms with E-state index in [1.807, 2.05) is 30.3 Å². The van der Waals surface area contributed by atoms with Gasteiger partial charge >= 0.3 is 5.97 Å². The minimum Gasteiger partial charge on any atom is -0.461 e. The predicted molar refractivity (Wildman–Crippen MR) is 62.0 cm³/mol. The summed E-state index contributed by atoms with van der Waals surface area (Å²) < 4.78 is 17.6. The molecule has 1 N–H and O–H groups in total. The smallest absolute Gasteiger partial charge is 0.306 e. The molecule has 0 aromatic heterocycles. The Bertz CT molecular complexity index is 338. The van der Waals surface area contributed by atoms with Crippen LogP contribution in [0.3, 0.4) is 0 Å². The zero-order chi connectivity index (χ0) is 12.7. The first-order valence-corrected chi connectivity index (χ1v) is 5.61. The van der Waals surface area contributed by atoms with E-state index in [0.717, 1.165) is 5.56 Å². The van der Waals surface area contributed by atoms with Gasteiger partial charge in [-0.15, -0.1) is 0 Å². The van der Waals surface area contributed by atoms with Crippen molar-refractivity contribution >= 4 is 5.97 Å². The molecular formula is C13H17FO3. The number of esters is 1. The summed E-state index contributed by atoms with van der Waals surface area (Å²) in [5.74, 6) is -0.423. The van der Waals surface area contributed by atoms with Crippen molar-refractivity contribution in [3.05, 3.63) is 35.9 Å². The van der Waals surface area contributed by atoms with Gasteiger partial charge in [0.1, 0.15) is 12.8 Å². The molecule has 0 spiro atoms. The predicted octanol–water partition coefficient (Wildman–Crippen LogP) is 2.23. The number of hydrogen-bond acceptors (Lipinski definition) is 3. The quantitative estimate of drug-likeness (QED) is 0.775. The van der Waals surface area contributed by atoms with Crippen molar-refractivity contribution in [1.82, 2.24) is 0 Å². The van der Waals surface area contributed by atoms with Crippen molar-refractivity contribution in [2.24, 2.45) is 0 Å². The summed E-state index contributed by atoms with van der Waals surface area (Å²) >= 11 is 0. The SMILES string of the molecule is C[C@@H](F)[C@H](O)CCC(=O)OCc1ccccc1. The second kappa shape index (κ2) is 7.01. The lowest BCUT2D eigenvalue weighted by Crippen LogP contribution is -2.20. The Kier molecular flexibility index (Phi) is 5.63. The molecule has 0 aliphatic rings. The summed E-state index contributed by atoms with van der Waals surface area (Å²) in [5.41, 5.74) is 0.903. The minimum atomic E-state index is -1.32. The Morgan fingerprint density at radius 1 is 1.41 bits per heavy atom. The minimum absolute atomic E-state index is 0.0300. The van der Waals surface area contributed by atoms with Gasteiger partial charge < -0.3 is 9.84 Å². The second-order valence-corrected chi connectivity index (χ2v) is 3.93. The van der Waals surface area contributed by atoms with E-state index >= 15 is 0 Å². The average molecular weight is 240 g/mol. The molecule has 0 amide bonds. The molecule has 0 unspecified atom stereocenters. The lowest BCUT2D eigenvalue weighted by atomic mass is 10.1. The van der Waals surface area contributed by atoms with Crippen LogP contribution in [0.1, 0.15) is 25.3 Å². The van der Waals surface area contributed by atoms with E-state index in [9.17, 15) is 14.3 Å². The van der Waals surface area contributed by atoms with Crippen molar-refractivity contribution in [2.45, 2.75) is 38.6 Å². The van der Waals surface area contributed by atoms with Gasteiger partial charge in [-0.3, -0.25) is 4.79 Å². The number of carbonyl (C=O) groups excluding carboxylic acids is 1. The molecule has 0 saturated carbocycles. The molecule has 0 heterocycles. The number of ether oxygens (including phenoxy) is 1. The molecule has 0 saturated heterocycles. The van der Waals surface area contributed by atoms with Gasteiger partial charge in [0.25, 0.3) is 0 Å².